The smallest absolute Gasteiger partial charge is 0.229 e. The summed E-state index contributed by atoms with van der Waals surface area (Å²) < 4.78 is 5.33. The highest BCUT2D eigenvalue weighted by Crippen LogP contribution is 2.40. The highest BCUT2D eigenvalue weighted by Gasteiger charge is 2.41. The van der Waals surface area contributed by atoms with E-state index in [2.05, 4.69) is 10.1 Å². The van der Waals surface area contributed by atoms with Gasteiger partial charge in [0.2, 0.25) is 17.7 Å². The summed E-state index contributed by atoms with van der Waals surface area (Å²) in [4.78, 5) is 32.4. The molecule has 0 N–H and O–H groups in total. The maximum atomic E-state index is 12.7. The van der Waals surface area contributed by atoms with Gasteiger partial charge in [-0.2, -0.15) is 4.98 Å². The van der Waals surface area contributed by atoms with Crippen molar-refractivity contribution in [3.63, 3.8) is 0 Å². The van der Waals surface area contributed by atoms with Gasteiger partial charge in [-0.1, -0.05) is 5.16 Å². The average Bonchev–Trinajstić information content (AvgIpc) is 2.93. The molecule has 0 aromatic carbocycles. The molecule has 1 aromatic heterocycles. The lowest BCUT2D eigenvalue weighted by atomic mass is 10.1. The summed E-state index contributed by atoms with van der Waals surface area (Å²) in [5, 5.41) is 4.09. The molecule has 0 radical (unpaired) electrons. The van der Waals surface area contributed by atoms with Gasteiger partial charge in [0.05, 0.1) is 12.0 Å². The molecule has 1 saturated carbocycles. The van der Waals surface area contributed by atoms with E-state index in [0.29, 0.717) is 37.1 Å². The Morgan fingerprint density at radius 2 is 2.14 bits per heavy atom. The van der Waals surface area contributed by atoms with Gasteiger partial charge in [-0.3, -0.25) is 9.59 Å². The second-order valence-electron chi connectivity index (χ2n) is 6.63. The first-order valence-corrected chi connectivity index (χ1v) is 8.01. The first kappa shape index (κ1) is 13.7. The van der Waals surface area contributed by atoms with Crippen LogP contribution in [0.25, 0.3) is 0 Å². The van der Waals surface area contributed by atoms with Crippen LogP contribution in [0.4, 0.5) is 0 Å². The maximum absolute atomic E-state index is 12.7. The van der Waals surface area contributed by atoms with Gasteiger partial charge < -0.3 is 14.3 Å². The SMILES string of the molecule is CN1C[C@H](C(=O)N2CCC[C@H]2c2noc(C3CC3)n2)CC1=O. The molecule has 1 aliphatic carbocycles. The Labute approximate surface area is 128 Å². The van der Waals surface area contributed by atoms with Crippen molar-refractivity contribution in [1.82, 2.24) is 19.9 Å². The van der Waals surface area contributed by atoms with Crippen molar-refractivity contribution in [2.75, 3.05) is 20.1 Å². The highest BCUT2D eigenvalue weighted by molar-refractivity contribution is 5.89. The van der Waals surface area contributed by atoms with E-state index in [9.17, 15) is 9.59 Å². The maximum Gasteiger partial charge on any atom is 0.229 e. The standard InChI is InChI=1S/C15H20N4O3/c1-18-8-10(7-12(18)20)15(21)19-6-2-3-11(19)13-16-14(22-17-13)9-4-5-9/h9-11H,2-8H2,1H3/t10-,11+/m1/s1. The summed E-state index contributed by atoms with van der Waals surface area (Å²) >= 11 is 0. The molecule has 3 fully saturated rings. The largest absolute Gasteiger partial charge is 0.345 e. The topological polar surface area (TPSA) is 79.5 Å². The Morgan fingerprint density at radius 3 is 2.82 bits per heavy atom. The molecule has 2 amide bonds. The third-order valence-electron chi connectivity index (χ3n) is 4.91. The quantitative estimate of drug-likeness (QED) is 0.835. The van der Waals surface area contributed by atoms with Crippen LogP contribution in [0.3, 0.4) is 0 Å². The Morgan fingerprint density at radius 1 is 1.32 bits per heavy atom. The molecular formula is C15H20N4O3. The van der Waals surface area contributed by atoms with E-state index in [4.69, 9.17) is 4.52 Å². The van der Waals surface area contributed by atoms with E-state index in [1.807, 2.05) is 4.90 Å². The summed E-state index contributed by atoms with van der Waals surface area (Å²) in [6.45, 7) is 1.23. The Balaban J connectivity index is 1.50. The van der Waals surface area contributed by atoms with Gasteiger partial charge in [0, 0.05) is 32.5 Å². The van der Waals surface area contributed by atoms with Crippen molar-refractivity contribution >= 4 is 11.8 Å². The molecule has 0 unspecified atom stereocenters. The third kappa shape index (κ3) is 2.28. The molecule has 7 heteroatoms. The Hall–Kier alpha value is -1.92. The Bertz CT molecular complexity index is 610. The van der Waals surface area contributed by atoms with Crippen LogP contribution in [0.15, 0.2) is 4.52 Å². The van der Waals surface area contributed by atoms with Crippen LogP contribution in [-0.2, 0) is 9.59 Å². The molecule has 7 nitrogen and oxygen atoms in total. The molecular weight excluding hydrogens is 284 g/mol. The number of likely N-dealkylation sites (tertiary alicyclic amines) is 2. The fraction of sp³-hybridized carbons (Fsp3) is 0.733. The zero-order valence-electron chi connectivity index (χ0n) is 12.7. The molecule has 0 spiro atoms. The molecule has 2 saturated heterocycles. The fourth-order valence-electron chi connectivity index (χ4n) is 3.44. The third-order valence-corrected chi connectivity index (χ3v) is 4.91. The predicted molar refractivity (Wildman–Crippen MR) is 75.7 cm³/mol. The molecule has 2 aliphatic heterocycles. The number of aromatic nitrogens is 2. The van der Waals surface area contributed by atoms with Gasteiger partial charge in [0.25, 0.3) is 0 Å². The molecule has 22 heavy (non-hydrogen) atoms. The lowest BCUT2D eigenvalue weighted by Gasteiger charge is -2.25. The highest BCUT2D eigenvalue weighted by atomic mass is 16.5. The summed E-state index contributed by atoms with van der Waals surface area (Å²) in [7, 11) is 1.75. The van der Waals surface area contributed by atoms with Crippen molar-refractivity contribution in [3.8, 4) is 0 Å². The van der Waals surface area contributed by atoms with Crippen LogP contribution in [0.5, 0.6) is 0 Å². The van der Waals surface area contributed by atoms with E-state index in [1.54, 1.807) is 11.9 Å². The fourth-order valence-corrected chi connectivity index (χ4v) is 3.44. The lowest BCUT2D eigenvalue weighted by molar-refractivity contribution is -0.136. The first-order valence-electron chi connectivity index (χ1n) is 8.01. The predicted octanol–water partition coefficient (Wildman–Crippen LogP) is 1.09. The van der Waals surface area contributed by atoms with E-state index in [1.165, 1.54) is 0 Å². The molecule has 2 atom stereocenters. The number of rotatable bonds is 3. The number of hydrogen-bond donors (Lipinski definition) is 0. The molecule has 3 aliphatic rings. The lowest BCUT2D eigenvalue weighted by Crippen LogP contribution is -2.37. The van der Waals surface area contributed by atoms with E-state index < -0.39 is 0 Å². The van der Waals surface area contributed by atoms with Gasteiger partial charge in [-0.05, 0) is 25.7 Å². The molecule has 3 heterocycles. The molecule has 118 valence electrons. The van der Waals surface area contributed by atoms with Crippen molar-refractivity contribution < 1.29 is 14.1 Å². The summed E-state index contributed by atoms with van der Waals surface area (Å²) in [5.74, 6) is 1.64. The number of carbonyl (C=O) groups excluding carboxylic acids is 2. The van der Waals surface area contributed by atoms with Crippen LogP contribution in [0, 0.1) is 5.92 Å². The molecule has 0 bridgehead atoms. The second-order valence-corrected chi connectivity index (χ2v) is 6.63. The zero-order valence-corrected chi connectivity index (χ0v) is 12.7. The van der Waals surface area contributed by atoms with Crippen LogP contribution in [0.2, 0.25) is 0 Å². The van der Waals surface area contributed by atoms with Gasteiger partial charge in [-0.25, -0.2) is 0 Å². The van der Waals surface area contributed by atoms with Gasteiger partial charge >= 0.3 is 0 Å². The zero-order chi connectivity index (χ0) is 15.3. The number of nitrogens with zero attached hydrogens (tertiary/aromatic N) is 4. The summed E-state index contributed by atoms with van der Waals surface area (Å²) in [5.41, 5.74) is 0. The number of hydrogen-bond acceptors (Lipinski definition) is 5. The Kier molecular flexibility index (Phi) is 3.16. The van der Waals surface area contributed by atoms with E-state index in [0.717, 1.165) is 25.7 Å². The van der Waals surface area contributed by atoms with Crippen LogP contribution in [0.1, 0.15) is 55.8 Å². The van der Waals surface area contributed by atoms with Gasteiger partial charge in [-0.15, -0.1) is 0 Å². The minimum atomic E-state index is -0.229. The average molecular weight is 304 g/mol. The van der Waals surface area contributed by atoms with Gasteiger partial charge in [0.15, 0.2) is 5.82 Å². The van der Waals surface area contributed by atoms with E-state index >= 15 is 0 Å². The minimum Gasteiger partial charge on any atom is -0.345 e. The van der Waals surface area contributed by atoms with Crippen LogP contribution < -0.4 is 0 Å². The van der Waals surface area contributed by atoms with Gasteiger partial charge in [0.1, 0.15) is 0 Å². The van der Waals surface area contributed by atoms with Crippen molar-refractivity contribution in [2.24, 2.45) is 5.92 Å². The van der Waals surface area contributed by atoms with Crippen molar-refractivity contribution in [1.29, 1.82) is 0 Å². The van der Waals surface area contributed by atoms with Crippen LogP contribution in [-0.4, -0.2) is 51.9 Å². The number of amides is 2. The van der Waals surface area contributed by atoms with Crippen molar-refractivity contribution in [3.05, 3.63) is 11.7 Å². The second kappa shape index (κ2) is 5.07. The summed E-state index contributed by atoms with van der Waals surface area (Å²) in [6, 6.07) is -0.0928. The summed E-state index contributed by atoms with van der Waals surface area (Å²) in [6.07, 6.45) is 4.36. The van der Waals surface area contributed by atoms with E-state index in [-0.39, 0.29) is 23.8 Å². The molecule has 1 aromatic rings. The number of carbonyl (C=O) groups is 2. The monoisotopic (exact) mass is 304 g/mol. The van der Waals surface area contributed by atoms with Crippen LogP contribution >= 0.6 is 0 Å². The van der Waals surface area contributed by atoms with Crippen molar-refractivity contribution in [2.45, 2.75) is 44.1 Å². The normalized spacial score (nSPS) is 28.7. The minimum absolute atomic E-state index is 0.0460. The first-order chi connectivity index (χ1) is 10.6. The molecule has 4 rings (SSSR count).